The third-order valence-corrected chi connectivity index (χ3v) is 3.54. The molecule has 0 saturated heterocycles. The lowest BCUT2D eigenvalue weighted by atomic mass is 10.1. The summed E-state index contributed by atoms with van der Waals surface area (Å²) < 4.78 is 15.3. The number of rotatable bonds is 4. The predicted octanol–water partition coefficient (Wildman–Crippen LogP) is 4.20. The van der Waals surface area contributed by atoms with Crippen molar-refractivity contribution in [1.82, 2.24) is 4.57 Å². The van der Waals surface area contributed by atoms with Crippen molar-refractivity contribution in [3.05, 3.63) is 66.1 Å². The minimum Gasteiger partial charge on any atom is -0.383 e. The zero-order valence-electron chi connectivity index (χ0n) is 11.4. The van der Waals surface area contributed by atoms with E-state index in [9.17, 15) is 4.39 Å². The molecular formula is C17H17FN2. The minimum atomic E-state index is -0.211. The van der Waals surface area contributed by atoms with Gasteiger partial charge in [-0.1, -0.05) is 18.2 Å². The van der Waals surface area contributed by atoms with Crippen LogP contribution in [0.4, 0.5) is 10.1 Å². The maximum Gasteiger partial charge on any atom is 0.125 e. The fraction of sp³-hybridized carbons (Fsp3) is 0.176. The highest BCUT2D eigenvalue weighted by Gasteiger charge is 2.02. The van der Waals surface area contributed by atoms with Gasteiger partial charge in [0.15, 0.2) is 0 Å². The summed E-state index contributed by atoms with van der Waals surface area (Å²) in [5.74, 6) is -0.211. The molecule has 102 valence electrons. The van der Waals surface area contributed by atoms with Crippen molar-refractivity contribution in [2.75, 3.05) is 11.9 Å². The molecule has 0 spiro atoms. The Bertz CT molecular complexity index is 731. The van der Waals surface area contributed by atoms with Gasteiger partial charge in [-0.2, -0.15) is 0 Å². The highest BCUT2D eigenvalue weighted by molar-refractivity contribution is 5.83. The Labute approximate surface area is 117 Å². The first-order valence-electron chi connectivity index (χ1n) is 6.78. The molecule has 0 fully saturated rings. The Hall–Kier alpha value is -2.29. The number of anilines is 1. The van der Waals surface area contributed by atoms with Crippen LogP contribution in [0.1, 0.15) is 5.56 Å². The SMILES string of the molecule is Cc1cccc2c1ccn2CCNc1cccc(F)c1. The van der Waals surface area contributed by atoms with E-state index in [1.165, 1.54) is 28.6 Å². The van der Waals surface area contributed by atoms with Gasteiger partial charge in [0, 0.05) is 35.9 Å². The van der Waals surface area contributed by atoms with E-state index in [1.807, 2.05) is 6.07 Å². The molecule has 0 saturated carbocycles. The fourth-order valence-electron chi connectivity index (χ4n) is 2.49. The van der Waals surface area contributed by atoms with Gasteiger partial charge in [0.05, 0.1) is 0 Å². The molecule has 0 bridgehead atoms. The number of nitrogens with zero attached hydrogens (tertiary/aromatic N) is 1. The molecule has 2 aromatic carbocycles. The van der Waals surface area contributed by atoms with Gasteiger partial charge in [-0.3, -0.25) is 0 Å². The Kier molecular flexibility index (Phi) is 3.42. The lowest BCUT2D eigenvalue weighted by Gasteiger charge is -2.09. The molecule has 0 atom stereocenters. The van der Waals surface area contributed by atoms with Gasteiger partial charge in [0.2, 0.25) is 0 Å². The predicted molar refractivity (Wildman–Crippen MR) is 81.6 cm³/mol. The van der Waals surface area contributed by atoms with Crippen molar-refractivity contribution in [3.8, 4) is 0 Å². The van der Waals surface area contributed by atoms with Crippen molar-refractivity contribution in [2.45, 2.75) is 13.5 Å². The smallest absolute Gasteiger partial charge is 0.125 e. The Balaban J connectivity index is 1.70. The van der Waals surface area contributed by atoms with Crippen molar-refractivity contribution in [3.63, 3.8) is 0 Å². The van der Waals surface area contributed by atoms with Crippen LogP contribution >= 0.6 is 0 Å². The first-order chi connectivity index (χ1) is 9.74. The van der Waals surface area contributed by atoms with Crippen LogP contribution in [0.25, 0.3) is 10.9 Å². The number of hydrogen-bond acceptors (Lipinski definition) is 1. The minimum absolute atomic E-state index is 0.211. The molecule has 1 N–H and O–H groups in total. The van der Waals surface area contributed by atoms with Crippen molar-refractivity contribution >= 4 is 16.6 Å². The topological polar surface area (TPSA) is 17.0 Å². The number of aromatic nitrogens is 1. The molecule has 0 aliphatic heterocycles. The standard InChI is InChI=1S/C17H17FN2/c1-13-4-2-7-17-16(13)8-10-20(17)11-9-19-15-6-3-5-14(18)12-15/h2-8,10,12,19H,9,11H2,1H3. The van der Waals surface area contributed by atoms with Crippen molar-refractivity contribution in [2.24, 2.45) is 0 Å². The molecule has 0 aliphatic carbocycles. The van der Waals surface area contributed by atoms with Gasteiger partial charge in [-0.05, 0) is 42.8 Å². The second kappa shape index (κ2) is 5.37. The number of aryl methyl sites for hydroxylation is 1. The number of halogens is 1. The van der Waals surface area contributed by atoms with E-state index in [-0.39, 0.29) is 5.82 Å². The molecule has 0 radical (unpaired) electrons. The molecule has 3 rings (SSSR count). The number of fused-ring (bicyclic) bond motifs is 1. The van der Waals surface area contributed by atoms with E-state index in [2.05, 4.69) is 47.3 Å². The van der Waals surface area contributed by atoms with Crippen LogP contribution in [-0.2, 0) is 6.54 Å². The highest BCUT2D eigenvalue weighted by Crippen LogP contribution is 2.19. The summed E-state index contributed by atoms with van der Waals surface area (Å²) >= 11 is 0. The van der Waals surface area contributed by atoms with E-state index >= 15 is 0 Å². The van der Waals surface area contributed by atoms with E-state index in [0.29, 0.717) is 0 Å². The molecule has 20 heavy (non-hydrogen) atoms. The van der Waals surface area contributed by atoms with E-state index in [1.54, 1.807) is 6.07 Å². The quantitative estimate of drug-likeness (QED) is 0.750. The average molecular weight is 268 g/mol. The summed E-state index contributed by atoms with van der Waals surface area (Å²) in [5.41, 5.74) is 3.35. The molecule has 0 unspecified atom stereocenters. The lowest BCUT2D eigenvalue weighted by Crippen LogP contribution is -2.09. The Morgan fingerprint density at radius 2 is 1.95 bits per heavy atom. The molecule has 3 heteroatoms. The maximum atomic E-state index is 13.1. The van der Waals surface area contributed by atoms with Crippen LogP contribution in [0.15, 0.2) is 54.7 Å². The molecule has 1 heterocycles. The van der Waals surface area contributed by atoms with E-state index in [0.717, 1.165) is 18.8 Å². The zero-order valence-corrected chi connectivity index (χ0v) is 11.4. The van der Waals surface area contributed by atoms with E-state index in [4.69, 9.17) is 0 Å². The zero-order chi connectivity index (χ0) is 13.9. The van der Waals surface area contributed by atoms with Gasteiger partial charge >= 0.3 is 0 Å². The first kappa shape index (κ1) is 12.7. The molecule has 3 aromatic rings. The van der Waals surface area contributed by atoms with Crippen LogP contribution in [0.2, 0.25) is 0 Å². The summed E-state index contributed by atoms with van der Waals surface area (Å²) in [6, 6.07) is 15.0. The number of nitrogens with one attached hydrogen (secondary N) is 1. The molecule has 2 nitrogen and oxygen atoms in total. The Morgan fingerprint density at radius 3 is 2.80 bits per heavy atom. The third kappa shape index (κ3) is 2.52. The second-order valence-corrected chi connectivity index (χ2v) is 4.95. The summed E-state index contributed by atoms with van der Waals surface area (Å²) in [7, 11) is 0. The first-order valence-corrected chi connectivity index (χ1v) is 6.78. The summed E-state index contributed by atoms with van der Waals surface area (Å²) in [6.07, 6.45) is 2.10. The summed E-state index contributed by atoms with van der Waals surface area (Å²) in [5, 5.41) is 4.53. The lowest BCUT2D eigenvalue weighted by molar-refractivity contribution is 0.628. The molecule has 0 aliphatic rings. The highest BCUT2D eigenvalue weighted by atomic mass is 19.1. The summed E-state index contributed by atoms with van der Waals surface area (Å²) in [4.78, 5) is 0. The molecule has 1 aromatic heterocycles. The average Bonchev–Trinajstić information content (AvgIpc) is 2.84. The van der Waals surface area contributed by atoms with Crippen molar-refractivity contribution < 1.29 is 4.39 Å². The normalized spacial score (nSPS) is 10.9. The third-order valence-electron chi connectivity index (χ3n) is 3.54. The second-order valence-electron chi connectivity index (χ2n) is 4.95. The van der Waals surface area contributed by atoms with Gasteiger partial charge in [-0.15, -0.1) is 0 Å². The van der Waals surface area contributed by atoms with E-state index < -0.39 is 0 Å². The maximum absolute atomic E-state index is 13.1. The monoisotopic (exact) mass is 268 g/mol. The van der Waals surface area contributed by atoms with Crippen molar-refractivity contribution in [1.29, 1.82) is 0 Å². The van der Waals surface area contributed by atoms with Crippen LogP contribution in [0, 0.1) is 12.7 Å². The van der Waals surface area contributed by atoms with Gasteiger partial charge in [-0.25, -0.2) is 4.39 Å². The van der Waals surface area contributed by atoms with Gasteiger partial charge in [0.25, 0.3) is 0 Å². The van der Waals surface area contributed by atoms with Gasteiger partial charge < -0.3 is 9.88 Å². The number of hydrogen-bond donors (Lipinski definition) is 1. The summed E-state index contributed by atoms with van der Waals surface area (Å²) in [6.45, 7) is 3.74. The molecule has 0 amide bonds. The fourth-order valence-corrected chi connectivity index (χ4v) is 2.49. The molecular weight excluding hydrogens is 251 g/mol. The Morgan fingerprint density at radius 1 is 1.10 bits per heavy atom. The number of benzene rings is 2. The largest absolute Gasteiger partial charge is 0.383 e. The van der Waals surface area contributed by atoms with Gasteiger partial charge in [0.1, 0.15) is 5.82 Å². The van der Waals surface area contributed by atoms with Crippen LogP contribution in [0.5, 0.6) is 0 Å². The van der Waals surface area contributed by atoms with Crippen LogP contribution in [0.3, 0.4) is 0 Å². The van der Waals surface area contributed by atoms with Crippen LogP contribution in [-0.4, -0.2) is 11.1 Å². The van der Waals surface area contributed by atoms with Crippen LogP contribution < -0.4 is 5.32 Å².